The van der Waals surface area contributed by atoms with Gasteiger partial charge in [-0.1, -0.05) is 29.8 Å². The van der Waals surface area contributed by atoms with Gasteiger partial charge in [0.1, 0.15) is 17.3 Å². The molecule has 4 aromatic rings. The van der Waals surface area contributed by atoms with Crippen molar-refractivity contribution in [3.63, 3.8) is 0 Å². The second kappa shape index (κ2) is 10.3. The fraction of sp³-hybridized carbons (Fsp3) is 0.167. The first-order chi connectivity index (χ1) is 18.5. The lowest BCUT2D eigenvalue weighted by molar-refractivity contribution is -0.274. The van der Waals surface area contributed by atoms with Crippen LogP contribution in [0.15, 0.2) is 42.5 Å². The molecule has 210 valence electrons. The van der Waals surface area contributed by atoms with Crippen molar-refractivity contribution < 1.29 is 45.1 Å². The monoisotopic (exact) mass is 589 g/mol. The van der Waals surface area contributed by atoms with Crippen molar-refractivity contribution in [1.29, 1.82) is 0 Å². The molecule has 3 N–H and O–H groups in total. The van der Waals surface area contributed by atoms with Gasteiger partial charge in [-0.3, -0.25) is 14.3 Å². The smallest absolute Gasteiger partial charge is 0.405 e. The summed E-state index contributed by atoms with van der Waals surface area (Å²) in [4.78, 5) is 28.8. The number of benzene rings is 2. The molecule has 0 aliphatic carbocycles. The SMILES string of the molecule is Cc1c(NC(=O)c2cc(C(N)=O)nc3cc(F)c(Cl)cc23)c(C(F)(F)F)nn1Cc1ccccc1OC(F)(F)F. The third-order valence-electron chi connectivity index (χ3n) is 5.58. The molecule has 16 heteroatoms. The van der Waals surface area contributed by atoms with Crippen molar-refractivity contribution in [3.8, 4) is 5.75 Å². The van der Waals surface area contributed by atoms with Crippen LogP contribution >= 0.6 is 11.6 Å². The van der Waals surface area contributed by atoms with Gasteiger partial charge in [-0.15, -0.1) is 13.2 Å². The third-order valence-corrected chi connectivity index (χ3v) is 5.87. The van der Waals surface area contributed by atoms with Gasteiger partial charge >= 0.3 is 12.5 Å². The van der Waals surface area contributed by atoms with Crippen LogP contribution in [0.25, 0.3) is 10.9 Å². The minimum absolute atomic E-state index is 0.106. The van der Waals surface area contributed by atoms with E-state index in [0.717, 1.165) is 35.9 Å². The predicted molar refractivity (Wildman–Crippen MR) is 127 cm³/mol. The first kappa shape index (κ1) is 28.6. The average Bonchev–Trinajstić information content (AvgIpc) is 3.14. The van der Waals surface area contributed by atoms with Crippen molar-refractivity contribution in [2.24, 2.45) is 5.73 Å². The van der Waals surface area contributed by atoms with Crippen molar-refractivity contribution in [3.05, 3.63) is 81.5 Å². The summed E-state index contributed by atoms with van der Waals surface area (Å²) in [6.07, 6.45) is -10.2. The highest BCUT2D eigenvalue weighted by atomic mass is 35.5. The van der Waals surface area contributed by atoms with E-state index in [1.165, 1.54) is 18.2 Å². The van der Waals surface area contributed by atoms with Crippen LogP contribution < -0.4 is 15.8 Å². The van der Waals surface area contributed by atoms with E-state index in [4.69, 9.17) is 17.3 Å². The largest absolute Gasteiger partial charge is 0.573 e. The van der Waals surface area contributed by atoms with E-state index >= 15 is 0 Å². The number of hydrogen-bond donors (Lipinski definition) is 2. The number of para-hydroxylation sites is 1. The van der Waals surface area contributed by atoms with E-state index in [0.29, 0.717) is 0 Å². The number of anilines is 1. The molecule has 0 bridgehead atoms. The van der Waals surface area contributed by atoms with Crippen LogP contribution in [0.4, 0.5) is 36.4 Å². The van der Waals surface area contributed by atoms with Gasteiger partial charge in [0, 0.05) is 17.0 Å². The molecule has 2 amide bonds. The Morgan fingerprint density at radius 3 is 2.40 bits per heavy atom. The molecular weight excluding hydrogens is 575 g/mol. The molecule has 4 rings (SSSR count). The summed E-state index contributed by atoms with van der Waals surface area (Å²) >= 11 is 5.80. The van der Waals surface area contributed by atoms with Crippen LogP contribution in [0.5, 0.6) is 5.75 Å². The van der Waals surface area contributed by atoms with E-state index in [9.17, 15) is 40.3 Å². The van der Waals surface area contributed by atoms with Crippen LogP contribution in [0.2, 0.25) is 5.02 Å². The molecule has 0 unspecified atom stereocenters. The van der Waals surface area contributed by atoms with E-state index in [2.05, 4.69) is 20.1 Å². The molecule has 2 aromatic carbocycles. The molecule has 40 heavy (non-hydrogen) atoms. The van der Waals surface area contributed by atoms with E-state index < -0.39 is 70.1 Å². The van der Waals surface area contributed by atoms with Gasteiger partial charge in [-0.2, -0.15) is 18.3 Å². The summed E-state index contributed by atoms with van der Waals surface area (Å²) in [6, 6.07) is 7.47. The predicted octanol–water partition coefficient (Wildman–Crippen LogP) is 5.85. The first-order valence-corrected chi connectivity index (χ1v) is 11.3. The molecule has 0 saturated heterocycles. The summed E-state index contributed by atoms with van der Waals surface area (Å²) in [5, 5.41) is 5.02. The molecule has 0 spiro atoms. The highest BCUT2D eigenvalue weighted by Crippen LogP contribution is 2.37. The summed E-state index contributed by atoms with van der Waals surface area (Å²) in [5.41, 5.74) is 1.31. The maximum atomic E-state index is 14.0. The van der Waals surface area contributed by atoms with Crippen LogP contribution in [-0.4, -0.2) is 32.9 Å². The van der Waals surface area contributed by atoms with Gasteiger partial charge in [0.15, 0.2) is 5.69 Å². The zero-order valence-corrected chi connectivity index (χ0v) is 20.7. The van der Waals surface area contributed by atoms with E-state index in [-0.39, 0.29) is 22.2 Å². The third kappa shape index (κ3) is 5.93. The highest BCUT2D eigenvalue weighted by molar-refractivity contribution is 6.31. The fourth-order valence-electron chi connectivity index (χ4n) is 3.78. The van der Waals surface area contributed by atoms with E-state index in [1.54, 1.807) is 0 Å². The van der Waals surface area contributed by atoms with Crippen molar-refractivity contribution in [2.75, 3.05) is 5.32 Å². The molecule has 8 nitrogen and oxygen atoms in total. The molecule has 0 radical (unpaired) electrons. The maximum absolute atomic E-state index is 14.0. The summed E-state index contributed by atoms with van der Waals surface area (Å²) in [7, 11) is 0. The Kier molecular flexibility index (Phi) is 7.36. The second-order valence-corrected chi connectivity index (χ2v) is 8.68. The Balaban J connectivity index is 1.79. The van der Waals surface area contributed by atoms with Crippen molar-refractivity contribution in [1.82, 2.24) is 14.8 Å². The zero-order valence-electron chi connectivity index (χ0n) is 19.9. The summed E-state index contributed by atoms with van der Waals surface area (Å²) in [5.74, 6) is -3.89. The van der Waals surface area contributed by atoms with Gasteiger partial charge in [-0.05, 0) is 25.1 Å². The Labute approximate surface area is 224 Å². The number of hydrogen-bond acceptors (Lipinski definition) is 5. The molecule has 2 heterocycles. The molecule has 0 fully saturated rings. The lowest BCUT2D eigenvalue weighted by Crippen LogP contribution is -2.19. The number of halogens is 8. The van der Waals surface area contributed by atoms with Gasteiger partial charge in [0.25, 0.3) is 11.8 Å². The number of carbonyl (C=O) groups is 2. The van der Waals surface area contributed by atoms with Crippen LogP contribution in [0, 0.1) is 12.7 Å². The van der Waals surface area contributed by atoms with Crippen molar-refractivity contribution >= 4 is 40.0 Å². The molecule has 2 aromatic heterocycles. The number of primary amides is 1. The number of ether oxygens (including phenoxy) is 1. The number of pyridine rings is 1. The number of fused-ring (bicyclic) bond motifs is 1. The maximum Gasteiger partial charge on any atom is 0.573 e. The van der Waals surface area contributed by atoms with Crippen LogP contribution in [-0.2, 0) is 12.7 Å². The van der Waals surface area contributed by atoms with E-state index in [1.807, 2.05) is 0 Å². The summed E-state index contributed by atoms with van der Waals surface area (Å²) < 4.78 is 98.9. The number of alkyl halides is 6. The lowest BCUT2D eigenvalue weighted by Gasteiger charge is -2.14. The quantitative estimate of drug-likeness (QED) is 0.274. The Morgan fingerprint density at radius 2 is 1.77 bits per heavy atom. The Bertz CT molecular complexity index is 1650. The number of rotatable bonds is 6. The number of nitrogens with one attached hydrogen (secondary N) is 1. The normalized spacial score (nSPS) is 12.0. The molecule has 0 atom stereocenters. The topological polar surface area (TPSA) is 112 Å². The Hall–Kier alpha value is -4.40. The number of nitrogens with two attached hydrogens (primary N) is 1. The first-order valence-electron chi connectivity index (χ1n) is 10.9. The average molecular weight is 590 g/mol. The number of carbonyl (C=O) groups excluding carboxylic acids is 2. The molecule has 0 saturated carbocycles. The molecular formula is C24H15ClF7N5O3. The zero-order chi connectivity index (χ0) is 29.6. The van der Waals surface area contributed by atoms with Gasteiger partial charge in [-0.25, -0.2) is 9.37 Å². The molecule has 0 aliphatic heterocycles. The standard InChI is InChI=1S/C24H15ClF7N5O3/c1-10-19(35-22(39)13-7-17(21(33)38)34-16-8-15(26)14(25)6-12(13)16)20(23(27,28)29)36-37(10)9-11-4-2-3-5-18(11)40-24(30,31)32/h2-8H,9H2,1H3,(H2,33,38)(H,35,39). The molecule has 0 aliphatic rings. The fourth-order valence-corrected chi connectivity index (χ4v) is 3.95. The Morgan fingerprint density at radius 1 is 1.10 bits per heavy atom. The van der Waals surface area contributed by atoms with Gasteiger partial charge in [0.2, 0.25) is 0 Å². The number of amides is 2. The minimum atomic E-state index is -5.11. The van der Waals surface area contributed by atoms with Gasteiger partial charge < -0.3 is 15.8 Å². The highest BCUT2D eigenvalue weighted by Gasteiger charge is 2.40. The summed E-state index contributed by atoms with van der Waals surface area (Å²) in [6.45, 7) is 0.562. The van der Waals surface area contributed by atoms with Gasteiger partial charge in [0.05, 0.1) is 34.0 Å². The van der Waals surface area contributed by atoms with Crippen LogP contribution in [0.3, 0.4) is 0 Å². The number of aromatic nitrogens is 3. The number of nitrogens with zero attached hydrogens (tertiary/aromatic N) is 3. The lowest BCUT2D eigenvalue weighted by atomic mass is 10.1. The second-order valence-electron chi connectivity index (χ2n) is 8.28. The van der Waals surface area contributed by atoms with Crippen molar-refractivity contribution in [2.45, 2.75) is 26.0 Å². The minimum Gasteiger partial charge on any atom is -0.405 e. The van der Waals surface area contributed by atoms with Crippen LogP contribution in [0.1, 0.15) is 37.8 Å².